The van der Waals surface area contributed by atoms with E-state index in [1.807, 2.05) is 6.20 Å². The number of rotatable bonds is 4. The van der Waals surface area contributed by atoms with E-state index in [0.717, 1.165) is 44.4 Å². The molecule has 1 aromatic heterocycles. The number of carbonyl (C=O) groups excluding carboxylic acids is 1. The molecule has 0 unspecified atom stereocenters. The Morgan fingerprint density at radius 2 is 2.12 bits per heavy atom. The Kier molecular flexibility index (Phi) is 4.66. The van der Waals surface area contributed by atoms with Crippen molar-refractivity contribution < 1.29 is 4.79 Å². The average Bonchev–Trinajstić information content (AvgIpc) is 3.18. The number of hydrogen-bond acceptors (Lipinski definition) is 2. The first-order valence-electron chi connectivity index (χ1n) is 9.59. The third-order valence-corrected chi connectivity index (χ3v) is 5.86. The Morgan fingerprint density at radius 3 is 3.00 bits per heavy atom. The molecule has 2 N–H and O–H groups in total. The summed E-state index contributed by atoms with van der Waals surface area (Å²) in [5, 5.41) is 4.40. The summed E-state index contributed by atoms with van der Waals surface area (Å²) in [4.78, 5) is 20.6. The monoisotopic (exact) mass is 340 g/mol. The van der Waals surface area contributed by atoms with Gasteiger partial charge in [0.05, 0.1) is 0 Å². The van der Waals surface area contributed by atoms with Crippen molar-refractivity contribution in [2.75, 3.05) is 26.2 Å². The number of nitrogens with one attached hydrogen (secondary N) is 2. The molecule has 2 aromatic rings. The molecular formula is C20H28N4O. The lowest BCUT2D eigenvalue weighted by Gasteiger charge is -2.29. The minimum absolute atomic E-state index is 0.133. The first kappa shape index (κ1) is 16.5. The lowest BCUT2D eigenvalue weighted by Crippen LogP contribution is -2.48. The number of aromatic nitrogens is 1. The van der Waals surface area contributed by atoms with E-state index >= 15 is 0 Å². The van der Waals surface area contributed by atoms with E-state index in [0.29, 0.717) is 18.6 Å². The molecule has 25 heavy (non-hydrogen) atoms. The second-order valence-electron chi connectivity index (χ2n) is 7.36. The second-order valence-corrected chi connectivity index (χ2v) is 7.36. The molecule has 5 nitrogen and oxygen atoms in total. The van der Waals surface area contributed by atoms with E-state index in [1.54, 1.807) is 0 Å². The third-order valence-electron chi connectivity index (χ3n) is 5.86. The highest BCUT2D eigenvalue weighted by Gasteiger charge is 2.39. The molecule has 0 spiro atoms. The van der Waals surface area contributed by atoms with Crippen LogP contribution in [-0.2, 0) is 6.42 Å². The molecule has 0 aliphatic carbocycles. The number of H-pyrrole nitrogens is 1. The van der Waals surface area contributed by atoms with Gasteiger partial charge in [-0.1, -0.05) is 13.0 Å². The quantitative estimate of drug-likeness (QED) is 0.899. The van der Waals surface area contributed by atoms with Gasteiger partial charge < -0.3 is 20.1 Å². The Hall–Kier alpha value is -2.01. The zero-order chi connectivity index (χ0) is 17.2. The van der Waals surface area contributed by atoms with Gasteiger partial charge in [0.15, 0.2) is 0 Å². The van der Waals surface area contributed by atoms with E-state index in [2.05, 4.69) is 51.3 Å². The standard InChI is InChI=1S/C20H28N4O/c1-2-23-12-9-17-4-5-18(14-23)24(17)20(25)22-10-7-15-3-6-19-16(13-15)8-11-21-19/h3,6,8,11,13,17-18,21H,2,4-5,7,9-10,12,14H2,1H3,(H,22,25)/t17-,18+/m1/s1. The summed E-state index contributed by atoms with van der Waals surface area (Å²) in [5.41, 5.74) is 2.43. The van der Waals surface area contributed by atoms with E-state index in [9.17, 15) is 4.79 Å². The summed E-state index contributed by atoms with van der Waals surface area (Å²) in [5.74, 6) is 0. The SMILES string of the molecule is CCN1CC[C@H]2CC[C@@H](C1)N2C(=O)NCCc1ccc2[nH]ccc2c1. The summed E-state index contributed by atoms with van der Waals surface area (Å²) >= 11 is 0. The Labute approximate surface area is 149 Å². The van der Waals surface area contributed by atoms with Crippen molar-refractivity contribution in [1.82, 2.24) is 20.1 Å². The van der Waals surface area contributed by atoms with Gasteiger partial charge in [-0.15, -0.1) is 0 Å². The van der Waals surface area contributed by atoms with Crippen molar-refractivity contribution in [3.63, 3.8) is 0 Å². The van der Waals surface area contributed by atoms with Gasteiger partial charge in [-0.25, -0.2) is 4.79 Å². The van der Waals surface area contributed by atoms with Gasteiger partial charge in [0, 0.05) is 43.4 Å². The van der Waals surface area contributed by atoms with Crippen LogP contribution in [-0.4, -0.2) is 59.1 Å². The van der Waals surface area contributed by atoms with Crippen molar-refractivity contribution in [1.29, 1.82) is 0 Å². The number of urea groups is 1. The summed E-state index contributed by atoms with van der Waals surface area (Å²) in [6.07, 6.45) is 6.27. The lowest BCUT2D eigenvalue weighted by molar-refractivity contribution is 0.171. The largest absolute Gasteiger partial charge is 0.361 e. The predicted octanol–water partition coefficient (Wildman–Crippen LogP) is 2.98. The van der Waals surface area contributed by atoms with E-state index < -0.39 is 0 Å². The number of aromatic amines is 1. The van der Waals surface area contributed by atoms with Crippen LogP contribution < -0.4 is 5.32 Å². The summed E-state index contributed by atoms with van der Waals surface area (Å²) in [6, 6.07) is 9.49. The molecule has 2 aliphatic rings. The molecule has 0 radical (unpaired) electrons. The Balaban J connectivity index is 1.34. The van der Waals surface area contributed by atoms with Crippen molar-refractivity contribution in [2.24, 2.45) is 0 Å². The normalized spacial score (nSPS) is 23.8. The number of hydrogen-bond donors (Lipinski definition) is 2. The number of nitrogens with zero attached hydrogens (tertiary/aromatic N) is 2. The minimum Gasteiger partial charge on any atom is -0.361 e. The molecule has 3 heterocycles. The summed E-state index contributed by atoms with van der Waals surface area (Å²) < 4.78 is 0. The van der Waals surface area contributed by atoms with Crippen LogP contribution in [0.4, 0.5) is 4.79 Å². The first-order valence-corrected chi connectivity index (χ1v) is 9.59. The van der Waals surface area contributed by atoms with E-state index in [-0.39, 0.29) is 6.03 Å². The molecule has 4 rings (SSSR count). The fourth-order valence-corrected chi connectivity index (χ4v) is 4.43. The zero-order valence-electron chi connectivity index (χ0n) is 15.0. The van der Waals surface area contributed by atoms with Crippen molar-refractivity contribution in [3.05, 3.63) is 36.0 Å². The van der Waals surface area contributed by atoms with Crippen LogP contribution in [0.1, 0.15) is 31.7 Å². The molecule has 2 bridgehead atoms. The van der Waals surface area contributed by atoms with Gasteiger partial charge in [0.25, 0.3) is 0 Å². The topological polar surface area (TPSA) is 51.4 Å². The second kappa shape index (κ2) is 7.08. The van der Waals surface area contributed by atoms with Gasteiger partial charge in [0.1, 0.15) is 0 Å². The Morgan fingerprint density at radius 1 is 1.24 bits per heavy atom. The minimum atomic E-state index is 0.133. The van der Waals surface area contributed by atoms with Crippen LogP contribution in [0.5, 0.6) is 0 Å². The van der Waals surface area contributed by atoms with Gasteiger partial charge >= 0.3 is 6.03 Å². The van der Waals surface area contributed by atoms with Gasteiger partial charge in [-0.3, -0.25) is 0 Å². The fraction of sp³-hybridized carbons (Fsp3) is 0.550. The molecule has 0 saturated carbocycles. The van der Waals surface area contributed by atoms with E-state index in [1.165, 1.54) is 17.4 Å². The molecule has 5 heteroatoms. The maximum absolute atomic E-state index is 12.8. The molecular weight excluding hydrogens is 312 g/mol. The van der Waals surface area contributed by atoms with Crippen LogP contribution in [0.15, 0.2) is 30.5 Å². The van der Waals surface area contributed by atoms with Crippen LogP contribution in [0.3, 0.4) is 0 Å². The fourth-order valence-electron chi connectivity index (χ4n) is 4.43. The van der Waals surface area contributed by atoms with Gasteiger partial charge in [-0.05, 0) is 61.4 Å². The van der Waals surface area contributed by atoms with Crippen molar-refractivity contribution in [3.8, 4) is 0 Å². The van der Waals surface area contributed by atoms with Crippen molar-refractivity contribution >= 4 is 16.9 Å². The molecule has 2 atom stereocenters. The molecule has 2 fully saturated rings. The highest BCUT2D eigenvalue weighted by molar-refractivity contribution is 5.80. The maximum atomic E-state index is 12.8. The van der Waals surface area contributed by atoms with Crippen LogP contribution in [0.2, 0.25) is 0 Å². The Bertz CT molecular complexity index is 740. The molecule has 134 valence electrons. The number of likely N-dealkylation sites (tertiary alicyclic amines) is 1. The number of carbonyl (C=O) groups is 1. The number of fused-ring (bicyclic) bond motifs is 3. The smallest absolute Gasteiger partial charge is 0.317 e. The average molecular weight is 340 g/mol. The summed E-state index contributed by atoms with van der Waals surface area (Å²) in [7, 11) is 0. The van der Waals surface area contributed by atoms with Gasteiger partial charge in [-0.2, -0.15) is 0 Å². The molecule has 1 aromatic carbocycles. The third kappa shape index (κ3) is 3.38. The lowest BCUT2D eigenvalue weighted by atomic mass is 10.1. The maximum Gasteiger partial charge on any atom is 0.317 e. The van der Waals surface area contributed by atoms with Crippen LogP contribution in [0.25, 0.3) is 10.9 Å². The van der Waals surface area contributed by atoms with Crippen LogP contribution in [0, 0.1) is 0 Å². The highest BCUT2D eigenvalue weighted by Crippen LogP contribution is 2.30. The summed E-state index contributed by atoms with van der Waals surface area (Å²) in [6.45, 7) is 6.15. The van der Waals surface area contributed by atoms with Crippen LogP contribution >= 0.6 is 0 Å². The highest BCUT2D eigenvalue weighted by atomic mass is 16.2. The molecule has 2 amide bonds. The number of likely N-dealkylation sites (N-methyl/N-ethyl adjacent to an activating group) is 1. The zero-order valence-corrected chi connectivity index (χ0v) is 15.0. The number of amides is 2. The number of benzene rings is 1. The predicted molar refractivity (Wildman–Crippen MR) is 101 cm³/mol. The van der Waals surface area contributed by atoms with Gasteiger partial charge in [0.2, 0.25) is 0 Å². The van der Waals surface area contributed by atoms with Crippen molar-refractivity contribution in [2.45, 2.75) is 44.7 Å². The molecule has 2 aliphatic heterocycles. The molecule has 2 saturated heterocycles. The van der Waals surface area contributed by atoms with E-state index in [4.69, 9.17) is 0 Å². The first-order chi connectivity index (χ1) is 12.2.